The number of hydrogen-bond donors (Lipinski definition) is 2. The maximum absolute atomic E-state index is 12.7. The minimum atomic E-state index is -0.249. The minimum Gasteiger partial charge on any atom is -0.349 e. The molecule has 0 bridgehead atoms. The van der Waals surface area contributed by atoms with Crippen molar-refractivity contribution >= 4 is 11.8 Å². The second-order valence-electron chi connectivity index (χ2n) is 7.60. The molecule has 0 spiro atoms. The third kappa shape index (κ3) is 3.22. The Hall–Kier alpha value is -2.11. The molecule has 2 amide bonds. The van der Waals surface area contributed by atoms with Gasteiger partial charge in [-0.3, -0.25) is 14.4 Å². The number of nitrogens with zero attached hydrogens (tertiary/aromatic N) is 1. The molecule has 1 aliphatic heterocycles. The van der Waals surface area contributed by atoms with Crippen molar-refractivity contribution in [2.75, 3.05) is 6.54 Å². The molecule has 2 aliphatic carbocycles. The molecule has 6 heteroatoms. The number of pyridine rings is 1. The first-order valence-electron chi connectivity index (χ1n) is 9.44. The monoisotopic (exact) mass is 343 g/mol. The Kier molecular flexibility index (Phi) is 4.36. The highest BCUT2D eigenvalue weighted by Gasteiger charge is 2.39. The molecule has 0 unspecified atom stereocenters. The van der Waals surface area contributed by atoms with Crippen LogP contribution in [0.25, 0.3) is 0 Å². The normalized spacial score (nSPS) is 26.7. The molecule has 25 heavy (non-hydrogen) atoms. The average molecular weight is 343 g/mol. The second kappa shape index (κ2) is 6.65. The molecular formula is C19H25N3O3. The molecule has 2 N–H and O–H groups in total. The summed E-state index contributed by atoms with van der Waals surface area (Å²) in [6, 6.07) is 3.61. The summed E-state index contributed by atoms with van der Waals surface area (Å²) in [5.74, 6) is -0.153. The number of fused-ring (bicyclic) bond motifs is 1. The molecule has 6 nitrogen and oxygen atoms in total. The van der Waals surface area contributed by atoms with E-state index in [1.54, 1.807) is 0 Å². The number of nitrogens with one attached hydrogen (secondary N) is 2. The van der Waals surface area contributed by atoms with Gasteiger partial charge >= 0.3 is 0 Å². The second-order valence-corrected chi connectivity index (χ2v) is 7.60. The lowest BCUT2D eigenvalue weighted by atomic mass is 9.91. The van der Waals surface area contributed by atoms with Gasteiger partial charge in [0.05, 0.1) is 12.0 Å². The van der Waals surface area contributed by atoms with Gasteiger partial charge in [-0.25, -0.2) is 0 Å². The Bertz CT molecular complexity index is 736. The summed E-state index contributed by atoms with van der Waals surface area (Å²) >= 11 is 0. The Morgan fingerprint density at radius 3 is 2.72 bits per heavy atom. The van der Waals surface area contributed by atoms with Crippen LogP contribution in [0.2, 0.25) is 0 Å². The van der Waals surface area contributed by atoms with E-state index in [2.05, 4.69) is 10.3 Å². The highest BCUT2D eigenvalue weighted by molar-refractivity contribution is 5.89. The number of carbonyl (C=O) groups is 2. The molecule has 0 aromatic carbocycles. The summed E-state index contributed by atoms with van der Waals surface area (Å²) in [4.78, 5) is 41.4. The number of aryl methyl sites for hydroxylation is 1. The number of carbonyl (C=O) groups excluding carboxylic acids is 2. The fraction of sp³-hybridized carbons (Fsp3) is 0.632. The van der Waals surface area contributed by atoms with Gasteiger partial charge in [0.25, 0.3) is 0 Å². The predicted molar refractivity (Wildman–Crippen MR) is 93.0 cm³/mol. The van der Waals surface area contributed by atoms with Crippen LogP contribution in [-0.4, -0.2) is 34.3 Å². The molecule has 4 rings (SSSR count). The van der Waals surface area contributed by atoms with Crippen molar-refractivity contribution in [1.82, 2.24) is 15.2 Å². The van der Waals surface area contributed by atoms with E-state index in [0.29, 0.717) is 19.0 Å². The van der Waals surface area contributed by atoms with E-state index in [4.69, 9.17) is 0 Å². The largest absolute Gasteiger partial charge is 0.349 e. The Morgan fingerprint density at radius 2 is 1.92 bits per heavy atom. The van der Waals surface area contributed by atoms with Crippen LogP contribution in [0.5, 0.6) is 0 Å². The molecule has 3 aliphatic rings. The lowest BCUT2D eigenvalue weighted by molar-refractivity contribution is -0.130. The van der Waals surface area contributed by atoms with Gasteiger partial charge in [-0.05, 0) is 43.7 Å². The fourth-order valence-corrected chi connectivity index (χ4v) is 4.62. The standard InChI is InChI=1S/C19H25N3O3/c23-17-9-8-14-15(20-17)6-3-7-16(14)21-19(25)12-10-18(24)22(11-12)13-4-1-2-5-13/h8-9,12-13,16H,1-7,10-11H2,(H,20,23)(H,21,25)/t12-,16+/m1/s1. The van der Waals surface area contributed by atoms with Crippen molar-refractivity contribution in [1.29, 1.82) is 0 Å². The fourth-order valence-electron chi connectivity index (χ4n) is 4.62. The minimum absolute atomic E-state index is 0.0297. The summed E-state index contributed by atoms with van der Waals surface area (Å²) < 4.78 is 0. The molecule has 1 saturated carbocycles. The quantitative estimate of drug-likeness (QED) is 0.876. The molecule has 1 aromatic heterocycles. The summed E-state index contributed by atoms with van der Waals surface area (Å²) in [5.41, 5.74) is 1.84. The lowest BCUT2D eigenvalue weighted by Gasteiger charge is -2.27. The van der Waals surface area contributed by atoms with Gasteiger partial charge < -0.3 is 15.2 Å². The molecule has 134 valence electrons. The molecule has 2 atom stereocenters. The van der Waals surface area contributed by atoms with Crippen molar-refractivity contribution in [2.45, 2.75) is 63.5 Å². The third-order valence-electron chi connectivity index (χ3n) is 5.94. The van der Waals surface area contributed by atoms with Gasteiger partial charge in [0.2, 0.25) is 17.4 Å². The Morgan fingerprint density at radius 1 is 1.12 bits per heavy atom. The van der Waals surface area contributed by atoms with E-state index < -0.39 is 0 Å². The van der Waals surface area contributed by atoms with Crippen LogP contribution < -0.4 is 10.9 Å². The van der Waals surface area contributed by atoms with E-state index in [0.717, 1.165) is 43.4 Å². The van der Waals surface area contributed by atoms with Crippen molar-refractivity contribution < 1.29 is 9.59 Å². The van der Waals surface area contributed by atoms with E-state index in [-0.39, 0.29) is 29.3 Å². The third-order valence-corrected chi connectivity index (χ3v) is 5.94. The first-order chi connectivity index (χ1) is 12.1. The smallest absolute Gasteiger partial charge is 0.248 e. The molecule has 2 fully saturated rings. The number of hydrogen-bond acceptors (Lipinski definition) is 3. The SMILES string of the molecule is O=C(N[C@H]1CCCc2[nH]c(=O)ccc21)[C@@H]1CC(=O)N(C2CCCC2)C1. The maximum Gasteiger partial charge on any atom is 0.248 e. The molecule has 1 saturated heterocycles. The van der Waals surface area contributed by atoms with E-state index in [1.165, 1.54) is 18.9 Å². The molecule has 1 aromatic rings. The van der Waals surface area contributed by atoms with E-state index >= 15 is 0 Å². The van der Waals surface area contributed by atoms with Crippen LogP contribution in [0, 0.1) is 5.92 Å². The topological polar surface area (TPSA) is 82.3 Å². The molecule has 2 heterocycles. The highest BCUT2D eigenvalue weighted by Crippen LogP contribution is 2.31. The highest BCUT2D eigenvalue weighted by atomic mass is 16.2. The number of H-pyrrole nitrogens is 1. The van der Waals surface area contributed by atoms with Gasteiger partial charge in [-0.2, -0.15) is 0 Å². The Labute approximate surface area is 147 Å². The number of aromatic amines is 1. The van der Waals surface area contributed by atoms with Gasteiger partial charge in [0.1, 0.15) is 0 Å². The van der Waals surface area contributed by atoms with Crippen LogP contribution >= 0.6 is 0 Å². The van der Waals surface area contributed by atoms with Gasteiger partial charge in [0, 0.05) is 30.8 Å². The zero-order valence-corrected chi connectivity index (χ0v) is 14.4. The number of amides is 2. The van der Waals surface area contributed by atoms with Crippen molar-refractivity contribution in [2.24, 2.45) is 5.92 Å². The first-order valence-corrected chi connectivity index (χ1v) is 9.44. The van der Waals surface area contributed by atoms with Crippen molar-refractivity contribution in [3.63, 3.8) is 0 Å². The van der Waals surface area contributed by atoms with Gasteiger partial charge in [0.15, 0.2) is 0 Å². The maximum atomic E-state index is 12.7. The summed E-state index contributed by atoms with van der Waals surface area (Å²) in [7, 11) is 0. The van der Waals surface area contributed by atoms with Gasteiger partial charge in [-0.1, -0.05) is 12.8 Å². The van der Waals surface area contributed by atoms with Crippen molar-refractivity contribution in [3.8, 4) is 0 Å². The van der Waals surface area contributed by atoms with Gasteiger partial charge in [-0.15, -0.1) is 0 Å². The summed E-state index contributed by atoms with van der Waals surface area (Å²) in [6.07, 6.45) is 7.49. The van der Waals surface area contributed by atoms with Crippen LogP contribution in [0.1, 0.15) is 62.2 Å². The van der Waals surface area contributed by atoms with E-state index in [1.807, 2.05) is 11.0 Å². The predicted octanol–water partition coefficient (Wildman–Crippen LogP) is 1.66. The van der Waals surface area contributed by atoms with Crippen LogP contribution in [0.15, 0.2) is 16.9 Å². The van der Waals surface area contributed by atoms with Crippen molar-refractivity contribution in [3.05, 3.63) is 33.7 Å². The van der Waals surface area contributed by atoms with Crippen LogP contribution in [0.3, 0.4) is 0 Å². The lowest BCUT2D eigenvalue weighted by Crippen LogP contribution is -2.39. The summed E-state index contributed by atoms with van der Waals surface area (Å²) in [6.45, 7) is 0.556. The number of rotatable bonds is 3. The zero-order valence-electron chi connectivity index (χ0n) is 14.4. The van der Waals surface area contributed by atoms with Crippen LogP contribution in [-0.2, 0) is 16.0 Å². The molecular weight excluding hydrogens is 318 g/mol. The Balaban J connectivity index is 1.43. The number of likely N-dealkylation sites (tertiary alicyclic amines) is 1. The van der Waals surface area contributed by atoms with Crippen LogP contribution in [0.4, 0.5) is 0 Å². The number of aromatic nitrogens is 1. The first kappa shape index (κ1) is 16.4. The summed E-state index contributed by atoms with van der Waals surface area (Å²) in [5, 5.41) is 3.13. The zero-order chi connectivity index (χ0) is 17.4. The average Bonchev–Trinajstić information content (AvgIpc) is 3.24. The van der Waals surface area contributed by atoms with E-state index in [9.17, 15) is 14.4 Å². The molecule has 0 radical (unpaired) electrons.